The van der Waals surface area contributed by atoms with Gasteiger partial charge in [0.1, 0.15) is 0 Å². The summed E-state index contributed by atoms with van der Waals surface area (Å²) in [6.45, 7) is 8.32. The maximum absolute atomic E-state index is 11.6. The van der Waals surface area contributed by atoms with Gasteiger partial charge in [0.15, 0.2) is 0 Å². The number of aliphatic hydroxyl groups is 1. The lowest BCUT2D eigenvalue weighted by molar-refractivity contribution is -0.130. The summed E-state index contributed by atoms with van der Waals surface area (Å²) in [5.41, 5.74) is 0.831. The summed E-state index contributed by atoms with van der Waals surface area (Å²) in [6.07, 6.45) is 0.557. The Kier molecular flexibility index (Phi) is 3.50. The van der Waals surface area contributed by atoms with E-state index in [1.165, 1.54) is 5.01 Å². The number of rotatable bonds is 3. The molecule has 1 rings (SSSR count). The van der Waals surface area contributed by atoms with Gasteiger partial charge >= 0.3 is 0 Å². The van der Waals surface area contributed by atoms with E-state index in [1.807, 2.05) is 27.7 Å². The molecule has 1 aliphatic heterocycles. The lowest BCUT2D eigenvalue weighted by Crippen LogP contribution is -2.29. The van der Waals surface area contributed by atoms with E-state index < -0.39 is 6.10 Å². The third kappa shape index (κ3) is 3.02. The van der Waals surface area contributed by atoms with Crippen molar-refractivity contribution in [2.45, 2.75) is 46.6 Å². The Morgan fingerprint density at radius 1 is 1.53 bits per heavy atom. The molecule has 0 aromatic carbocycles. The monoisotopic (exact) mass is 212 g/mol. The summed E-state index contributed by atoms with van der Waals surface area (Å²) in [4.78, 5) is 11.6. The van der Waals surface area contributed by atoms with Crippen molar-refractivity contribution in [2.24, 2.45) is 10.5 Å². The number of hydrazone groups is 1. The van der Waals surface area contributed by atoms with Crippen LogP contribution < -0.4 is 0 Å². The number of carbonyl (C=O) groups is 1. The predicted octanol–water partition coefficient (Wildman–Crippen LogP) is 1.39. The average molecular weight is 212 g/mol. The highest BCUT2D eigenvalue weighted by Crippen LogP contribution is 2.24. The zero-order chi connectivity index (χ0) is 11.6. The van der Waals surface area contributed by atoms with Crippen LogP contribution in [0, 0.1) is 5.41 Å². The molecule has 4 nitrogen and oxygen atoms in total. The van der Waals surface area contributed by atoms with Crippen LogP contribution in [0.4, 0.5) is 0 Å². The van der Waals surface area contributed by atoms with Crippen molar-refractivity contribution in [3.63, 3.8) is 0 Å². The molecule has 4 heteroatoms. The van der Waals surface area contributed by atoms with E-state index in [4.69, 9.17) is 0 Å². The van der Waals surface area contributed by atoms with Crippen LogP contribution in [0.5, 0.6) is 0 Å². The molecule has 0 aliphatic carbocycles. The fourth-order valence-electron chi connectivity index (χ4n) is 1.36. The third-order valence-electron chi connectivity index (χ3n) is 2.57. The molecule has 1 aliphatic rings. The lowest BCUT2D eigenvalue weighted by Gasteiger charge is -2.17. The summed E-state index contributed by atoms with van der Waals surface area (Å²) in [7, 11) is 0. The van der Waals surface area contributed by atoms with E-state index in [0.29, 0.717) is 19.4 Å². The molecule has 0 aromatic rings. The molecule has 0 fully saturated rings. The average Bonchev–Trinajstić information content (AvgIpc) is 2.47. The van der Waals surface area contributed by atoms with Gasteiger partial charge < -0.3 is 5.11 Å². The minimum absolute atomic E-state index is 0.00701. The zero-order valence-corrected chi connectivity index (χ0v) is 9.95. The third-order valence-corrected chi connectivity index (χ3v) is 2.57. The number of aliphatic hydroxyl groups excluding tert-OH is 1. The van der Waals surface area contributed by atoms with Crippen molar-refractivity contribution in [3.8, 4) is 0 Å². The SMILES string of the molecule is CCC(O)CN1N=C(C(C)(C)C)CC1=O. The first-order valence-electron chi connectivity index (χ1n) is 5.41. The van der Waals surface area contributed by atoms with E-state index in [1.54, 1.807) is 0 Å². The normalized spacial score (nSPS) is 19.4. The Bertz CT molecular complexity index is 279. The quantitative estimate of drug-likeness (QED) is 0.768. The van der Waals surface area contributed by atoms with E-state index in [-0.39, 0.29) is 11.3 Å². The summed E-state index contributed by atoms with van der Waals surface area (Å²) >= 11 is 0. The Labute approximate surface area is 91.0 Å². The van der Waals surface area contributed by atoms with Gasteiger partial charge in [0.05, 0.1) is 24.8 Å². The second-order valence-corrected chi connectivity index (χ2v) is 5.01. The van der Waals surface area contributed by atoms with E-state index in [0.717, 1.165) is 5.71 Å². The first-order valence-corrected chi connectivity index (χ1v) is 5.41. The number of amides is 1. The molecule has 86 valence electrons. The Balaban J connectivity index is 2.68. The van der Waals surface area contributed by atoms with Gasteiger partial charge in [-0.15, -0.1) is 0 Å². The highest BCUT2D eigenvalue weighted by Gasteiger charge is 2.31. The highest BCUT2D eigenvalue weighted by atomic mass is 16.3. The second-order valence-electron chi connectivity index (χ2n) is 5.01. The molecular formula is C11H20N2O2. The Hall–Kier alpha value is -0.900. The maximum Gasteiger partial charge on any atom is 0.248 e. The van der Waals surface area contributed by atoms with Crippen molar-refractivity contribution < 1.29 is 9.90 Å². The molecule has 0 saturated carbocycles. The Morgan fingerprint density at radius 2 is 2.13 bits per heavy atom. The molecule has 0 aromatic heterocycles. The van der Waals surface area contributed by atoms with Gasteiger partial charge in [0.2, 0.25) is 5.91 Å². The van der Waals surface area contributed by atoms with Gasteiger partial charge in [-0.1, -0.05) is 27.7 Å². The first kappa shape index (κ1) is 12.2. The number of hydrogen-bond donors (Lipinski definition) is 1. The van der Waals surface area contributed by atoms with Crippen LogP contribution in [-0.4, -0.2) is 34.4 Å². The van der Waals surface area contributed by atoms with Crippen LogP contribution >= 0.6 is 0 Å². The largest absolute Gasteiger partial charge is 0.391 e. The maximum atomic E-state index is 11.6. The number of hydrogen-bond acceptors (Lipinski definition) is 3. The zero-order valence-electron chi connectivity index (χ0n) is 9.95. The summed E-state index contributed by atoms with van der Waals surface area (Å²) in [5, 5.41) is 15.1. The van der Waals surface area contributed by atoms with Crippen LogP contribution in [0.3, 0.4) is 0 Å². The molecule has 15 heavy (non-hydrogen) atoms. The van der Waals surface area contributed by atoms with Gasteiger partial charge in [-0.05, 0) is 6.42 Å². The fourth-order valence-corrected chi connectivity index (χ4v) is 1.36. The van der Waals surface area contributed by atoms with Crippen LogP contribution in [0.1, 0.15) is 40.5 Å². The molecular weight excluding hydrogens is 192 g/mol. The smallest absolute Gasteiger partial charge is 0.248 e. The van der Waals surface area contributed by atoms with Crippen molar-refractivity contribution in [3.05, 3.63) is 0 Å². The lowest BCUT2D eigenvalue weighted by atomic mass is 9.88. The number of β-amino-alcohol motifs (C(OH)–C–C–N with tert-alkyl or cyclic N) is 1. The van der Waals surface area contributed by atoms with Crippen molar-refractivity contribution in [2.75, 3.05) is 6.54 Å². The van der Waals surface area contributed by atoms with Gasteiger partial charge in [-0.2, -0.15) is 5.10 Å². The first-order chi connectivity index (χ1) is 6.84. The molecule has 1 unspecified atom stereocenters. The molecule has 1 heterocycles. The minimum Gasteiger partial charge on any atom is -0.391 e. The van der Waals surface area contributed by atoms with Gasteiger partial charge in [0.25, 0.3) is 0 Å². The summed E-state index contributed by atoms with van der Waals surface area (Å²) < 4.78 is 0. The topological polar surface area (TPSA) is 52.9 Å². The van der Waals surface area contributed by atoms with Crippen molar-refractivity contribution in [1.29, 1.82) is 0 Å². The van der Waals surface area contributed by atoms with Gasteiger partial charge in [-0.3, -0.25) is 4.79 Å². The molecule has 0 spiro atoms. The molecule has 1 N–H and O–H groups in total. The highest BCUT2D eigenvalue weighted by molar-refractivity contribution is 6.07. The van der Waals surface area contributed by atoms with E-state index >= 15 is 0 Å². The van der Waals surface area contributed by atoms with E-state index in [2.05, 4.69) is 5.10 Å². The van der Waals surface area contributed by atoms with Crippen LogP contribution in [0.15, 0.2) is 5.10 Å². The van der Waals surface area contributed by atoms with Gasteiger partial charge in [-0.25, -0.2) is 5.01 Å². The minimum atomic E-state index is -0.475. The number of carbonyl (C=O) groups excluding carboxylic acids is 1. The standard InChI is InChI=1S/C11H20N2O2/c1-5-8(14)7-13-10(15)6-9(12-13)11(2,3)4/h8,14H,5-7H2,1-4H3. The van der Waals surface area contributed by atoms with Crippen molar-refractivity contribution in [1.82, 2.24) is 5.01 Å². The number of nitrogens with zero attached hydrogens (tertiary/aromatic N) is 2. The van der Waals surface area contributed by atoms with Crippen LogP contribution in [0.2, 0.25) is 0 Å². The molecule has 1 atom stereocenters. The fraction of sp³-hybridized carbons (Fsp3) is 0.818. The molecule has 0 radical (unpaired) electrons. The molecule has 0 saturated heterocycles. The summed E-state index contributed by atoms with van der Waals surface area (Å²) in [6, 6.07) is 0. The van der Waals surface area contributed by atoms with E-state index in [9.17, 15) is 9.90 Å². The molecule has 1 amide bonds. The Morgan fingerprint density at radius 3 is 2.53 bits per heavy atom. The van der Waals surface area contributed by atoms with Crippen LogP contribution in [0.25, 0.3) is 0 Å². The van der Waals surface area contributed by atoms with Crippen molar-refractivity contribution >= 4 is 11.6 Å². The summed E-state index contributed by atoms with van der Waals surface area (Å²) in [5.74, 6) is -0.00701. The van der Waals surface area contributed by atoms with Crippen LogP contribution in [-0.2, 0) is 4.79 Å². The second kappa shape index (κ2) is 4.31. The van der Waals surface area contributed by atoms with Gasteiger partial charge in [0, 0.05) is 5.41 Å². The molecule has 0 bridgehead atoms. The predicted molar refractivity (Wildman–Crippen MR) is 59.5 cm³/mol.